The van der Waals surface area contributed by atoms with Crippen molar-refractivity contribution in [3.05, 3.63) is 107 Å². The number of ketones is 2. The summed E-state index contributed by atoms with van der Waals surface area (Å²) < 4.78 is 56.9. The van der Waals surface area contributed by atoms with Gasteiger partial charge in [0.05, 0.1) is 16.8 Å². The highest BCUT2D eigenvalue weighted by Gasteiger charge is 2.47. The maximum absolute atomic E-state index is 15.0. The van der Waals surface area contributed by atoms with Crippen LogP contribution in [-0.2, 0) is 44.6 Å². The number of amides is 2. The summed E-state index contributed by atoms with van der Waals surface area (Å²) in [4.78, 5) is 64.2. The lowest BCUT2D eigenvalue weighted by atomic mass is 9.72. The van der Waals surface area contributed by atoms with Crippen LogP contribution < -0.4 is 10.6 Å². The van der Waals surface area contributed by atoms with E-state index in [0.29, 0.717) is 35.2 Å². The van der Waals surface area contributed by atoms with Crippen LogP contribution in [-0.4, -0.2) is 38.9 Å². The molecule has 0 saturated carbocycles. The summed E-state index contributed by atoms with van der Waals surface area (Å²) in [5, 5.41) is 7.95. The van der Waals surface area contributed by atoms with Gasteiger partial charge in [0.1, 0.15) is 17.1 Å². The maximum atomic E-state index is 15.0. The van der Waals surface area contributed by atoms with Gasteiger partial charge in [-0.1, -0.05) is 83.0 Å². The third-order valence-corrected chi connectivity index (χ3v) is 12.0. The Bertz CT molecular complexity index is 2300. The zero-order chi connectivity index (χ0) is 41.1. The number of aromatic nitrogens is 2. The number of nitrogens with one attached hydrogen (secondary N) is 3. The third-order valence-electron chi connectivity index (χ3n) is 12.0. The molecule has 0 radical (unpaired) electrons. The van der Waals surface area contributed by atoms with Gasteiger partial charge in [0, 0.05) is 66.4 Å². The maximum Gasteiger partial charge on any atom is 0.418 e. The van der Waals surface area contributed by atoms with Crippen LogP contribution >= 0.6 is 0 Å². The van der Waals surface area contributed by atoms with Gasteiger partial charge in [0.15, 0.2) is 5.78 Å². The van der Waals surface area contributed by atoms with Crippen molar-refractivity contribution in [2.24, 2.45) is 23.7 Å². The molecule has 0 bridgehead atoms. The second kappa shape index (κ2) is 17.0. The van der Waals surface area contributed by atoms with Gasteiger partial charge in [-0.15, -0.1) is 0 Å². The second-order valence-corrected chi connectivity index (χ2v) is 15.6. The van der Waals surface area contributed by atoms with E-state index in [1.54, 1.807) is 30.6 Å². The summed E-state index contributed by atoms with van der Waals surface area (Å²) in [7, 11) is 0. The minimum atomic E-state index is -4.64. The highest BCUT2D eigenvalue weighted by molar-refractivity contribution is 6.05. The lowest BCUT2D eigenvalue weighted by molar-refractivity contribution is -0.138. The molecule has 300 valence electrons. The summed E-state index contributed by atoms with van der Waals surface area (Å²) in [6.07, 6.45) is -0.823. The van der Waals surface area contributed by atoms with Gasteiger partial charge in [-0.05, 0) is 65.5 Å². The molecule has 8 nitrogen and oxygen atoms in total. The Hall–Kier alpha value is -5.39. The summed E-state index contributed by atoms with van der Waals surface area (Å²) in [5.74, 6) is -4.51. The zero-order valence-electron chi connectivity index (χ0n) is 32.6. The lowest BCUT2D eigenvalue weighted by Crippen LogP contribution is -2.60. The molecule has 57 heavy (non-hydrogen) atoms. The van der Waals surface area contributed by atoms with Crippen LogP contribution in [0.2, 0.25) is 0 Å². The topological polar surface area (TPSA) is 121 Å². The fourth-order valence-electron chi connectivity index (χ4n) is 8.14. The van der Waals surface area contributed by atoms with Crippen molar-refractivity contribution in [1.29, 1.82) is 0 Å². The van der Waals surface area contributed by atoms with Gasteiger partial charge < -0.3 is 15.6 Å². The minimum absolute atomic E-state index is 0.0545. The average Bonchev–Trinajstić information content (AvgIpc) is 3.56. The standard InChI is InChI=1S/C45H48F4N4O4/c1-5-26(3)32(22-30(54)21-29-11-7-8-15-37(29)46)43(57)53-44(19-17-39-34(24-44)31-13-10-14-36(41(31)51-39)45(47,48)49)40(55)23-33(27(4)6-2)42(56)52-38-16-9-12-28-18-20-50-25-35(28)38/h7-16,18,20,25-27,32-33,51H,5-6,17,19,21-24H2,1-4H3,(H,52,56)(H,53,57)/t26?,27?,32-,33-,44+/m0/s1. The van der Waals surface area contributed by atoms with Crippen molar-refractivity contribution in [1.82, 2.24) is 15.3 Å². The number of benzene rings is 3. The van der Waals surface area contributed by atoms with Crippen molar-refractivity contribution < 1.29 is 36.7 Å². The van der Waals surface area contributed by atoms with Gasteiger partial charge in [0.25, 0.3) is 0 Å². The number of carbonyl (C=O) groups excluding carboxylic acids is 4. The average molecular weight is 785 g/mol. The van der Waals surface area contributed by atoms with Gasteiger partial charge in [-0.3, -0.25) is 24.2 Å². The first kappa shape index (κ1) is 41.2. The molecule has 5 atom stereocenters. The first-order valence-electron chi connectivity index (χ1n) is 19.6. The number of hydrogen-bond acceptors (Lipinski definition) is 5. The van der Waals surface area contributed by atoms with Crippen LogP contribution in [0.1, 0.15) is 82.2 Å². The summed E-state index contributed by atoms with van der Waals surface area (Å²) in [5.41, 5.74) is -0.766. The highest BCUT2D eigenvalue weighted by atomic mass is 19.4. The Kier molecular flexibility index (Phi) is 12.3. The monoisotopic (exact) mass is 784 g/mol. The molecule has 6 rings (SSSR count). The second-order valence-electron chi connectivity index (χ2n) is 15.6. The predicted octanol–water partition coefficient (Wildman–Crippen LogP) is 9.34. The largest absolute Gasteiger partial charge is 0.418 e. The number of pyridine rings is 1. The van der Waals surface area contributed by atoms with Gasteiger partial charge in [-0.25, -0.2) is 4.39 Å². The molecule has 0 fully saturated rings. The molecule has 3 aromatic carbocycles. The Balaban J connectivity index is 1.36. The van der Waals surface area contributed by atoms with E-state index in [-0.39, 0.29) is 73.1 Å². The quantitative estimate of drug-likeness (QED) is 0.0915. The van der Waals surface area contributed by atoms with E-state index in [2.05, 4.69) is 20.6 Å². The molecule has 2 amide bonds. The number of nitrogens with zero attached hydrogens (tertiary/aromatic N) is 1. The number of hydrogen-bond donors (Lipinski definition) is 3. The number of anilines is 1. The van der Waals surface area contributed by atoms with E-state index in [9.17, 15) is 31.9 Å². The molecule has 2 aromatic heterocycles. The van der Waals surface area contributed by atoms with E-state index in [1.807, 2.05) is 45.9 Å². The molecular weight excluding hydrogens is 737 g/mol. The van der Waals surface area contributed by atoms with Crippen molar-refractivity contribution in [3.8, 4) is 0 Å². The number of carbonyl (C=O) groups is 4. The predicted molar refractivity (Wildman–Crippen MR) is 212 cm³/mol. The number of para-hydroxylation sites is 1. The smallest absolute Gasteiger partial charge is 0.358 e. The number of aromatic amines is 1. The van der Waals surface area contributed by atoms with Gasteiger partial charge >= 0.3 is 6.18 Å². The van der Waals surface area contributed by atoms with Gasteiger partial charge in [-0.2, -0.15) is 13.2 Å². The van der Waals surface area contributed by atoms with Crippen molar-refractivity contribution in [2.75, 3.05) is 5.32 Å². The van der Waals surface area contributed by atoms with Crippen LogP contribution in [0.4, 0.5) is 23.2 Å². The van der Waals surface area contributed by atoms with Crippen LogP contribution in [0.15, 0.2) is 79.1 Å². The van der Waals surface area contributed by atoms with Crippen molar-refractivity contribution >= 4 is 50.7 Å². The SMILES string of the molecule is CCC(C)[C@H](CC(=O)[C@@]1(NC(=O)[C@@H](CC(=O)Cc2ccccc2F)C(C)CC)CCc2[nH]c3c(C(F)(F)F)cccc3c2C1)C(=O)Nc1cccc2ccncc12. The van der Waals surface area contributed by atoms with Crippen LogP contribution in [0.25, 0.3) is 21.7 Å². The van der Waals surface area contributed by atoms with Gasteiger partial charge in [0.2, 0.25) is 11.8 Å². The number of halogens is 4. The van der Waals surface area contributed by atoms with E-state index in [1.165, 1.54) is 24.3 Å². The number of Topliss-reactive ketones (excluding diaryl/α,β-unsaturated/α-hetero) is 2. The molecule has 2 unspecified atom stereocenters. The Morgan fingerprint density at radius 3 is 2.26 bits per heavy atom. The fraction of sp³-hybridized carbons (Fsp3) is 0.400. The molecule has 0 saturated heterocycles. The number of aryl methyl sites for hydroxylation is 1. The van der Waals surface area contributed by atoms with Crippen LogP contribution in [0, 0.1) is 29.5 Å². The van der Waals surface area contributed by atoms with Crippen LogP contribution in [0.3, 0.4) is 0 Å². The molecule has 0 spiro atoms. The zero-order valence-corrected chi connectivity index (χ0v) is 32.6. The van der Waals surface area contributed by atoms with Crippen molar-refractivity contribution in [3.63, 3.8) is 0 Å². The van der Waals surface area contributed by atoms with E-state index in [0.717, 1.165) is 16.8 Å². The number of alkyl halides is 3. The first-order chi connectivity index (χ1) is 27.2. The molecule has 5 aromatic rings. The Morgan fingerprint density at radius 2 is 1.56 bits per heavy atom. The molecule has 0 aliphatic heterocycles. The summed E-state index contributed by atoms with van der Waals surface area (Å²) >= 11 is 0. The van der Waals surface area contributed by atoms with E-state index in [4.69, 9.17) is 0 Å². The molecule has 2 heterocycles. The first-order valence-corrected chi connectivity index (χ1v) is 19.6. The summed E-state index contributed by atoms with van der Waals surface area (Å²) in [6.45, 7) is 7.51. The third kappa shape index (κ3) is 8.79. The fourth-order valence-corrected chi connectivity index (χ4v) is 8.14. The molecule has 12 heteroatoms. The number of fused-ring (bicyclic) bond motifs is 4. The van der Waals surface area contributed by atoms with E-state index >= 15 is 4.79 Å². The number of rotatable bonds is 15. The summed E-state index contributed by atoms with van der Waals surface area (Å²) in [6, 6.07) is 17.1. The van der Waals surface area contributed by atoms with Crippen LogP contribution in [0.5, 0.6) is 0 Å². The lowest BCUT2D eigenvalue weighted by Gasteiger charge is -2.39. The normalized spacial score (nSPS) is 17.7. The van der Waals surface area contributed by atoms with E-state index < -0.39 is 46.6 Å². The Labute approximate surface area is 329 Å². The molecular formula is C45H48F4N4O4. The Morgan fingerprint density at radius 1 is 0.860 bits per heavy atom. The highest BCUT2D eigenvalue weighted by Crippen LogP contribution is 2.41. The van der Waals surface area contributed by atoms with Crippen molar-refractivity contribution in [2.45, 2.75) is 90.8 Å². The number of H-pyrrole nitrogens is 1. The molecule has 3 N–H and O–H groups in total. The molecule has 1 aliphatic rings. The molecule has 1 aliphatic carbocycles. The minimum Gasteiger partial charge on any atom is -0.358 e.